The Morgan fingerprint density at radius 2 is 1.82 bits per heavy atom. The number of nitrogens with zero attached hydrogens (tertiary/aromatic N) is 3. The van der Waals surface area contributed by atoms with Crippen molar-refractivity contribution in [1.29, 1.82) is 0 Å². The first-order valence-corrected chi connectivity index (χ1v) is 9.39. The van der Waals surface area contributed by atoms with E-state index in [1.165, 1.54) is 22.9 Å². The molecule has 4 rings (SSSR count). The lowest BCUT2D eigenvalue weighted by Crippen LogP contribution is -2.32. The topological polar surface area (TPSA) is 88.7 Å². The van der Waals surface area contributed by atoms with E-state index in [9.17, 15) is 32.1 Å². The molecule has 1 aliphatic heterocycles. The van der Waals surface area contributed by atoms with Gasteiger partial charge in [-0.15, -0.1) is 13.2 Å². The Labute approximate surface area is 182 Å². The molecule has 3 aromatic rings. The molecule has 0 saturated heterocycles. The van der Waals surface area contributed by atoms with Crippen LogP contribution in [0.3, 0.4) is 0 Å². The number of fused-ring (bicyclic) bond motifs is 1. The molecule has 2 heterocycles. The summed E-state index contributed by atoms with van der Waals surface area (Å²) < 4.78 is 81.8. The van der Waals surface area contributed by atoms with Crippen LogP contribution in [0.2, 0.25) is 0 Å². The van der Waals surface area contributed by atoms with Crippen molar-refractivity contribution in [1.82, 2.24) is 9.55 Å². The average Bonchev–Trinajstić information content (AvgIpc) is 3.16. The Bertz CT molecular complexity index is 1160. The van der Waals surface area contributed by atoms with Gasteiger partial charge < -0.3 is 24.3 Å². The van der Waals surface area contributed by atoms with Crippen molar-refractivity contribution in [3.05, 3.63) is 69.9 Å². The molecule has 2 aromatic carbocycles. The van der Waals surface area contributed by atoms with Crippen LogP contribution in [0.4, 0.5) is 27.8 Å². The second-order valence-corrected chi connectivity index (χ2v) is 7.03. The minimum absolute atomic E-state index is 0.0121. The van der Waals surface area contributed by atoms with Gasteiger partial charge in [-0.2, -0.15) is 0 Å². The Morgan fingerprint density at radius 1 is 1.15 bits per heavy atom. The van der Waals surface area contributed by atoms with Crippen molar-refractivity contribution in [2.75, 3.05) is 6.61 Å². The van der Waals surface area contributed by atoms with Crippen LogP contribution in [0, 0.1) is 21.7 Å². The fourth-order valence-electron chi connectivity index (χ4n) is 3.22. The first-order valence-electron chi connectivity index (χ1n) is 9.39. The number of hydrogen-bond acceptors (Lipinski definition) is 6. The van der Waals surface area contributed by atoms with Crippen LogP contribution < -0.4 is 9.47 Å². The van der Waals surface area contributed by atoms with Gasteiger partial charge in [0.2, 0.25) is 0 Å². The summed E-state index contributed by atoms with van der Waals surface area (Å²) in [6, 6.07) is 6.68. The molecule has 0 unspecified atom stereocenters. The Balaban J connectivity index is 1.43. The molecule has 8 nitrogen and oxygen atoms in total. The SMILES string of the molecule is O=[N+]([O-])c1cn2c(n1)OC[C@@H](OCc1c(F)cc(-c3ccc(OC(F)(F)F)cc3)cc1F)C2. The number of nitro groups is 1. The highest BCUT2D eigenvalue weighted by Gasteiger charge is 2.31. The smallest absolute Gasteiger partial charge is 0.443 e. The van der Waals surface area contributed by atoms with E-state index in [2.05, 4.69) is 9.72 Å². The molecule has 0 N–H and O–H groups in total. The summed E-state index contributed by atoms with van der Waals surface area (Å²) in [5, 5.41) is 10.8. The summed E-state index contributed by atoms with van der Waals surface area (Å²) in [6.45, 7) is -0.303. The van der Waals surface area contributed by atoms with Gasteiger partial charge in [-0.25, -0.2) is 8.78 Å². The standard InChI is InChI=1S/C20H14F5N3O5/c21-16-5-12(11-1-3-13(4-2-11)33-20(23,24)25)6-17(22)15(16)10-31-14-7-27-8-18(28(29)30)26-19(27)32-9-14/h1-6,8,14H,7,9-10H2/t14-/m0/s1. The van der Waals surface area contributed by atoms with E-state index >= 15 is 0 Å². The quantitative estimate of drug-likeness (QED) is 0.296. The summed E-state index contributed by atoms with van der Waals surface area (Å²) in [4.78, 5) is 13.8. The molecular weight excluding hydrogens is 457 g/mol. The highest BCUT2D eigenvalue weighted by atomic mass is 19.4. The average molecular weight is 471 g/mol. The van der Waals surface area contributed by atoms with Crippen molar-refractivity contribution in [3.63, 3.8) is 0 Å². The maximum Gasteiger partial charge on any atom is 0.573 e. The molecule has 1 atom stereocenters. The van der Waals surface area contributed by atoms with Gasteiger partial charge in [-0.1, -0.05) is 12.1 Å². The summed E-state index contributed by atoms with van der Waals surface area (Å²) >= 11 is 0. The largest absolute Gasteiger partial charge is 0.573 e. The molecular formula is C20H14F5N3O5. The van der Waals surface area contributed by atoms with E-state index in [-0.39, 0.29) is 35.9 Å². The number of alkyl halides is 3. The van der Waals surface area contributed by atoms with Crippen molar-refractivity contribution >= 4 is 5.82 Å². The first kappa shape index (κ1) is 22.5. The maximum absolute atomic E-state index is 14.6. The Morgan fingerprint density at radius 3 is 2.42 bits per heavy atom. The second-order valence-electron chi connectivity index (χ2n) is 7.03. The fraction of sp³-hybridized carbons (Fsp3) is 0.250. The minimum Gasteiger partial charge on any atom is -0.443 e. The Hall–Kier alpha value is -3.74. The lowest BCUT2D eigenvalue weighted by atomic mass is 10.0. The maximum atomic E-state index is 14.6. The normalized spacial score (nSPS) is 15.6. The molecule has 0 radical (unpaired) electrons. The molecule has 1 aliphatic rings. The number of benzene rings is 2. The summed E-state index contributed by atoms with van der Waals surface area (Å²) in [6.07, 6.45) is -4.31. The van der Waals surface area contributed by atoms with Crippen LogP contribution in [-0.4, -0.2) is 33.5 Å². The van der Waals surface area contributed by atoms with Crippen LogP contribution in [0.25, 0.3) is 11.1 Å². The monoisotopic (exact) mass is 471 g/mol. The van der Waals surface area contributed by atoms with Crippen molar-refractivity contribution < 1.29 is 41.1 Å². The minimum atomic E-state index is -4.85. The summed E-state index contributed by atoms with van der Waals surface area (Å²) in [5.41, 5.74) is 0.0477. The Kier molecular flexibility index (Phi) is 5.89. The first-order chi connectivity index (χ1) is 15.6. The van der Waals surface area contributed by atoms with Crippen molar-refractivity contribution in [3.8, 4) is 22.9 Å². The predicted molar refractivity (Wildman–Crippen MR) is 101 cm³/mol. The highest BCUT2D eigenvalue weighted by Crippen LogP contribution is 2.29. The third-order valence-electron chi connectivity index (χ3n) is 4.74. The van der Waals surface area contributed by atoms with Gasteiger partial charge in [0.05, 0.1) is 13.2 Å². The second kappa shape index (κ2) is 8.65. The molecule has 1 aromatic heterocycles. The van der Waals surface area contributed by atoms with E-state index < -0.39 is 47.2 Å². The van der Waals surface area contributed by atoms with Gasteiger partial charge in [-0.3, -0.25) is 4.57 Å². The zero-order chi connectivity index (χ0) is 23.8. The van der Waals surface area contributed by atoms with Crippen molar-refractivity contribution in [2.24, 2.45) is 0 Å². The number of aromatic nitrogens is 2. The zero-order valence-electron chi connectivity index (χ0n) is 16.5. The van der Waals surface area contributed by atoms with Gasteiger partial charge in [0.1, 0.15) is 36.3 Å². The molecule has 0 aliphatic carbocycles. The lowest BCUT2D eigenvalue weighted by molar-refractivity contribution is -0.389. The van der Waals surface area contributed by atoms with Gasteiger partial charge >= 0.3 is 18.2 Å². The predicted octanol–water partition coefficient (Wildman–Crippen LogP) is 4.61. The third-order valence-corrected chi connectivity index (χ3v) is 4.74. The summed E-state index contributed by atoms with van der Waals surface area (Å²) in [5.74, 6) is -2.66. The van der Waals surface area contributed by atoms with Gasteiger partial charge in [0.25, 0.3) is 0 Å². The van der Waals surface area contributed by atoms with Gasteiger partial charge in [-0.05, 0) is 40.3 Å². The van der Waals surface area contributed by atoms with Crippen LogP contribution in [-0.2, 0) is 17.9 Å². The van der Waals surface area contributed by atoms with E-state index in [4.69, 9.17) is 9.47 Å². The molecule has 0 saturated carbocycles. The zero-order valence-corrected chi connectivity index (χ0v) is 16.5. The van der Waals surface area contributed by atoms with Gasteiger partial charge in [0, 0.05) is 10.5 Å². The molecule has 0 amide bonds. The number of rotatable bonds is 6. The molecule has 13 heteroatoms. The molecule has 0 fully saturated rings. The number of imidazole rings is 1. The van der Waals surface area contributed by atoms with E-state index in [1.807, 2.05) is 0 Å². The van der Waals surface area contributed by atoms with E-state index in [1.54, 1.807) is 0 Å². The lowest BCUT2D eigenvalue weighted by Gasteiger charge is -2.22. The van der Waals surface area contributed by atoms with Crippen LogP contribution in [0.15, 0.2) is 42.6 Å². The molecule has 0 spiro atoms. The highest BCUT2D eigenvalue weighted by molar-refractivity contribution is 5.64. The van der Waals surface area contributed by atoms with E-state index in [0.717, 1.165) is 24.3 Å². The van der Waals surface area contributed by atoms with Gasteiger partial charge in [0.15, 0.2) is 0 Å². The third kappa shape index (κ3) is 5.19. The van der Waals surface area contributed by atoms with Crippen LogP contribution >= 0.6 is 0 Å². The fourth-order valence-corrected chi connectivity index (χ4v) is 3.22. The number of ether oxygens (including phenoxy) is 3. The molecule has 33 heavy (non-hydrogen) atoms. The van der Waals surface area contributed by atoms with Crippen LogP contribution in [0.1, 0.15) is 5.56 Å². The van der Waals surface area contributed by atoms with Crippen molar-refractivity contribution in [2.45, 2.75) is 25.6 Å². The number of halogens is 5. The molecule has 174 valence electrons. The number of hydrogen-bond donors (Lipinski definition) is 0. The van der Waals surface area contributed by atoms with E-state index in [0.29, 0.717) is 0 Å². The summed E-state index contributed by atoms with van der Waals surface area (Å²) in [7, 11) is 0. The van der Waals surface area contributed by atoms with Crippen LogP contribution in [0.5, 0.6) is 11.8 Å². The molecule has 0 bridgehead atoms.